The Hall–Kier alpha value is -1.61. The van der Waals surface area contributed by atoms with Gasteiger partial charge >= 0.3 is 0 Å². The minimum absolute atomic E-state index is 0.624. The molecule has 0 amide bonds. The summed E-state index contributed by atoms with van der Waals surface area (Å²) in [7, 11) is 0. The van der Waals surface area contributed by atoms with E-state index in [0.717, 1.165) is 16.2 Å². The third-order valence-electron chi connectivity index (χ3n) is 2.06. The van der Waals surface area contributed by atoms with Gasteiger partial charge in [0.25, 0.3) is 0 Å². The van der Waals surface area contributed by atoms with Crippen LogP contribution in [-0.2, 0) is 4.79 Å². The van der Waals surface area contributed by atoms with Gasteiger partial charge in [-0.15, -0.1) is 0 Å². The van der Waals surface area contributed by atoms with Gasteiger partial charge in [-0.3, -0.25) is 5.21 Å². The predicted octanol–water partition coefficient (Wildman–Crippen LogP) is 1.41. The molecule has 13 heavy (non-hydrogen) atoms. The van der Waals surface area contributed by atoms with Crippen LogP contribution in [0.2, 0.25) is 0 Å². The van der Waals surface area contributed by atoms with E-state index in [4.69, 9.17) is 0 Å². The second-order valence-corrected chi connectivity index (χ2v) is 2.83. The third kappa shape index (κ3) is 1.23. The Balaban J connectivity index is 2.53. The van der Waals surface area contributed by atoms with Crippen molar-refractivity contribution in [1.29, 1.82) is 0 Å². The smallest absolute Gasteiger partial charge is 0.149 e. The van der Waals surface area contributed by atoms with Gasteiger partial charge in [0.2, 0.25) is 0 Å². The van der Waals surface area contributed by atoms with E-state index in [9.17, 15) is 10.0 Å². The molecular formula is C10H8NO2. The number of rotatable bonds is 1. The maximum absolute atomic E-state index is 10.7. The summed E-state index contributed by atoms with van der Waals surface area (Å²) >= 11 is 0. The van der Waals surface area contributed by atoms with E-state index in [1.165, 1.54) is 0 Å². The summed E-state index contributed by atoms with van der Waals surface area (Å²) < 4.78 is 0. The molecule has 1 aromatic rings. The molecule has 0 bridgehead atoms. The molecule has 2 rings (SSSR count). The molecule has 1 aliphatic heterocycles. The molecule has 1 atom stereocenters. The summed E-state index contributed by atoms with van der Waals surface area (Å²) in [6, 6.07) is 6.79. The second kappa shape index (κ2) is 3.03. The van der Waals surface area contributed by atoms with Gasteiger partial charge in [-0.05, 0) is 17.2 Å². The minimum atomic E-state index is -0.624. The number of carbonyl (C=O) groups is 1. The molecule has 1 heterocycles. The maximum atomic E-state index is 10.7. The molecule has 1 aromatic carbocycles. The molecule has 0 saturated carbocycles. The highest BCUT2D eigenvalue weighted by Crippen LogP contribution is 2.26. The highest BCUT2D eigenvalue weighted by Gasteiger charge is 2.21. The van der Waals surface area contributed by atoms with Crippen LogP contribution in [0.25, 0.3) is 6.08 Å². The first-order chi connectivity index (χ1) is 6.33. The van der Waals surface area contributed by atoms with Crippen LogP contribution in [0.3, 0.4) is 0 Å². The average Bonchev–Trinajstić information content (AvgIpc) is 2.18. The van der Waals surface area contributed by atoms with E-state index < -0.39 is 6.04 Å². The van der Waals surface area contributed by atoms with Crippen molar-refractivity contribution in [2.75, 3.05) is 0 Å². The molecular weight excluding hydrogens is 166 g/mol. The van der Waals surface area contributed by atoms with Crippen LogP contribution in [0.5, 0.6) is 0 Å². The van der Waals surface area contributed by atoms with Crippen molar-refractivity contribution >= 4 is 12.4 Å². The van der Waals surface area contributed by atoms with E-state index in [-0.39, 0.29) is 0 Å². The zero-order valence-electron chi connectivity index (χ0n) is 6.84. The van der Waals surface area contributed by atoms with Crippen LogP contribution >= 0.6 is 0 Å². The Labute approximate surface area is 75.9 Å². The van der Waals surface area contributed by atoms with Gasteiger partial charge in [-0.1, -0.05) is 24.3 Å². The molecule has 3 heteroatoms. The summed E-state index contributed by atoms with van der Waals surface area (Å²) in [5, 5.41) is 10.1. The number of carbonyl (C=O) groups excluding carboxylic acids is 1. The molecule has 65 valence electrons. The van der Waals surface area contributed by atoms with Crippen LogP contribution in [0.15, 0.2) is 24.3 Å². The molecule has 1 N–H and O–H groups in total. The summed E-state index contributed by atoms with van der Waals surface area (Å²) in [5.41, 5.74) is 1.73. The molecule has 0 fully saturated rings. The van der Waals surface area contributed by atoms with E-state index in [1.807, 2.05) is 24.3 Å². The van der Waals surface area contributed by atoms with Gasteiger partial charge in [-0.25, -0.2) is 5.06 Å². The highest BCUT2D eigenvalue weighted by molar-refractivity contribution is 5.68. The summed E-state index contributed by atoms with van der Waals surface area (Å²) in [6.45, 7) is 0. The zero-order valence-corrected chi connectivity index (χ0v) is 6.84. The van der Waals surface area contributed by atoms with Crippen molar-refractivity contribution in [1.82, 2.24) is 5.06 Å². The Bertz CT molecular complexity index is 360. The molecule has 1 radical (unpaired) electrons. The van der Waals surface area contributed by atoms with E-state index in [0.29, 0.717) is 6.29 Å². The first-order valence-corrected chi connectivity index (χ1v) is 3.94. The van der Waals surface area contributed by atoms with Crippen LogP contribution in [0.4, 0.5) is 0 Å². The van der Waals surface area contributed by atoms with Crippen molar-refractivity contribution in [3.05, 3.63) is 41.6 Å². The fourth-order valence-corrected chi connectivity index (χ4v) is 1.39. The molecule has 0 spiro atoms. The van der Waals surface area contributed by atoms with Crippen molar-refractivity contribution in [2.24, 2.45) is 0 Å². The van der Waals surface area contributed by atoms with Crippen molar-refractivity contribution in [3.63, 3.8) is 0 Å². The molecule has 1 aliphatic rings. The van der Waals surface area contributed by atoms with E-state index in [2.05, 4.69) is 6.20 Å². The number of fused-ring (bicyclic) bond motifs is 1. The lowest BCUT2D eigenvalue weighted by molar-refractivity contribution is -0.130. The number of hydrogen-bond donors (Lipinski definition) is 1. The lowest BCUT2D eigenvalue weighted by atomic mass is 9.99. The van der Waals surface area contributed by atoms with Gasteiger partial charge in [0, 0.05) is 0 Å². The number of aldehydes is 1. The first kappa shape index (κ1) is 8.01. The second-order valence-electron chi connectivity index (χ2n) is 2.83. The van der Waals surface area contributed by atoms with Crippen LogP contribution < -0.4 is 0 Å². The summed E-state index contributed by atoms with van der Waals surface area (Å²) in [4.78, 5) is 10.7. The number of benzene rings is 1. The number of hydrogen-bond acceptors (Lipinski definition) is 3. The van der Waals surface area contributed by atoms with Gasteiger partial charge in [0.05, 0.1) is 6.20 Å². The van der Waals surface area contributed by atoms with Gasteiger partial charge < -0.3 is 4.79 Å². The molecule has 0 aliphatic carbocycles. The third-order valence-corrected chi connectivity index (χ3v) is 2.06. The average molecular weight is 174 g/mol. The highest BCUT2D eigenvalue weighted by atomic mass is 16.5. The normalized spacial score (nSPS) is 19.8. The van der Waals surface area contributed by atoms with Crippen LogP contribution in [-0.4, -0.2) is 16.6 Å². The molecule has 3 nitrogen and oxygen atoms in total. The maximum Gasteiger partial charge on any atom is 0.149 e. The Morgan fingerprint density at radius 3 is 3.00 bits per heavy atom. The predicted molar refractivity (Wildman–Crippen MR) is 46.6 cm³/mol. The fourth-order valence-electron chi connectivity index (χ4n) is 1.39. The largest absolute Gasteiger partial charge is 0.301 e. The van der Waals surface area contributed by atoms with Crippen molar-refractivity contribution in [2.45, 2.75) is 6.04 Å². The molecule has 0 aromatic heterocycles. The molecule has 1 unspecified atom stereocenters. The topological polar surface area (TPSA) is 40.5 Å². The molecule has 0 saturated heterocycles. The zero-order chi connectivity index (χ0) is 9.26. The van der Waals surface area contributed by atoms with Gasteiger partial charge in [-0.2, -0.15) is 0 Å². The minimum Gasteiger partial charge on any atom is -0.301 e. The Kier molecular flexibility index (Phi) is 1.87. The number of nitrogens with zero attached hydrogens (tertiary/aromatic N) is 1. The van der Waals surface area contributed by atoms with Crippen LogP contribution in [0.1, 0.15) is 17.2 Å². The monoisotopic (exact) mass is 174 g/mol. The van der Waals surface area contributed by atoms with Gasteiger partial charge in [0.1, 0.15) is 12.3 Å². The lowest BCUT2D eigenvalue weighted by Gasteiger charge is -2.24. The van der Waals surface area contributed by atoms with E-state index >= 15 is 0 Å². The SMILES string of the molecule is O=CC1c2ccccc2C=[C]N1O. The van der Waals surface area contributed by atoms with Gasteiger partial charge in [0.15, 0.2) is 0 Å². The van der Waals surface area contributed by atoms with Crippen LogP contribution in [0, 0.1) is 6.20 Å². The van der Waals surface area contributed by atoms with Crippen molar-refractivity contribution in [3.8, 4) is 0 Å². The van der Waals surface area contributed by atoms with Crippen molar-refractivity contribution < 1.29 is 10.0 Å². The standard InChI is InChI=1S/C10H8NO2/c12-7-10-9-4-2-1-3-8(9)5-6-11(10)13/h1-5,7,10,13H. The lowest BCUT2D eigenvalue weighted by Crippen LogP contribution is -2.24. The summed E-state index contributed by atoms with van der Waals surface area (Å²) in [6.07, 6.45) is 4.91. The van der Waals surface area contributed by atoms with E-state index in [1.54, 1.807) is 6.08 Å². The first-order valence-electron chi connectivity index (χ1n) is 3.94. The Morgan fingerprint density at radius 1 is 1.46 bits per heavy atom. The quantitative estimate of drug-likeness (QED) is 0.654. The fraction of sp³-hybridized carbons (Fsp3) is 0.100. The Morgan fingerprint density at radius 2 is 2.23 bits per heavy atom. The number of hydroxylamine groups is 2. The summed E-state index contributed by atoms with van der Waals surface area (Å²) in [5.74, 6) is 0.